The Hall–Kier alpha value is -1.33. The molecule has 0 saturated heterocycles. The molecule has 1 aromatic carbocycles. The highest BCUT2D eigenvalue weighted by molar-refractivity contribution is 9.10. The Morgan fingerprint density at radius 3 is 2.83 bits per heavy atom. The van der Waals surface area contributed by atoms with Gasteiger partial charge in [0.05, 0.1) is 6.54 Å². The molecule has 3 nitrogen and oxygen atoms in total. The van der Waals surface area contributed by atoms with E-state index >= 15 is 0 Å². The Kier molecular flexibility index (Phi) is 4.78. The van der Waals surface area contributed by atoms with E-state index in [-0.39, 0.29) is 24.3 Å². The molecule has 0 bridgehead atoms. The van der Waals surface area contributed by atoms with Crippen LogP contribution in [0.3, 0.4) is 0 Å². The van der Waals surface area contributed by atoms with Crippen molar-refractivity contribution in [3.8, 4) is 0 Å². The Morgan fingerprint density at radius 2 is 2.22 bits per heavy atom. The number of carbonyl (C=O) groups is 1. The van der Waals surface area contributed by atoms with Crippen molar-refractivity contribution in [3.63, 3.8) is 0 Å². The molecule has 2 aromatic rings. The third kappa shape index (κ3) is 3.45. The molecule has 0 spiro atoms. The Morgan fingerprint density at radius 1 is 1.48 bits per heavy atom. The van der Waals surface area contributed by atoms with Gasteiger partial charge in [0, 0.05) is 33.8 Å². The first kappa shape index (κ1) is 16.5. The molecule has 0 radical (unpaired) electrons. The van der Waals surface area contributed by atoms with E-state index < -0.39 is 0 Å². The van der Waals surface area contributed by atoms with Crippen LogP contribution in [0.5, 0.6) is 0 Å². The van der Waals surface area contributed by atoms with Crippen molar-refractivity contribution < 1.29 is 9.18 Å². The van der Waals surface area contributed by atoms with E-state index in [4.69, 9.17) is 11.6 Å². The fourth-order valence-electron chi connectivity index (χ4n) is 2.67. The normalized spacial score (nSPS) is 14.1. The number of nitrogens with zero attached hydrogens (tertiary/aromatic N) is 2. The fraction of sp³-hybridized carbons (Fsp3) is 0.353. The minimum absolute atomic E-state index is 0.0839. The Bertz CT molecular complexity index is 722. The van der Waals surface area contributed by atoms with Crippen LogP contribution in [0.4, 0.5) is 4.39 Å². The van der Waals surface area contributed by atoms with Crippen LogP contribution in [0.2, 0.25) is 5.02 Å². The number of hydrogen-bond acceptors (Lipinski definition) is 1. The summed E-state index contributed by atoms with van der Waals surface area (Å²) < 4.78 is 16.8. The summed E-state index contributed by atoms with van der Waals surface area (Å²) in [6, 6.07) is 6.58. The van der Waals surface area contributed by atoms with Gasteiger partial charge in [-0.1, -0.05) is 17.7 Å². The van der Waals surface area contributed by atoms with Crippen LogP contribution >= 0.6 is 27.5 Å². The molecule has 0 unspecified atom stereocenters. The third-order valence-corrected chi connectivity index (χ3v) is 4.85. The van der Waals surface area contributed by atoms with Gasteiger partial charge in [0.1, 0.15) is 11.5 Å². The van der Waals surface area contributed by atoms with Crippen LogP contribution in [0.1, 0.15) is 35.8 Å². The van der Waals surface area contributed by atoms with Crippen molar-refractivity contribution >= 4 is 33.4 Å². The first-order valence-electron chi connectivity index (χ1n) is 7.60. The van der Waals surface area contributed by atoms with Crippen molar-refractivity contribution in [2.75, 3.05) is 0 Å². The average Bonchev–Trinajstić information content (AvgIpc) is 3.28. The van der Waals surface area contributed by atoms with Gasteiger partial charge in [-0.3, -0.25) is 4.79 Å². The van der Waals surface area contributed by atoms with E-state index in [1.54, 1.807) is 17.0 Å². The smallest absolute Gasteiger partial charge is 0.271 e. The Labute approximate surface area is 148 Å². The van der Waals surface area contributed by atoms with Crippen LogP contribution in [0.25, 0.3) is 0 Å². The quantitative estimate of drug-likeness (QED) is 0.704. The second kappa shape index (κ2) is 6.65. The number of benzene rings is 1. The summed E-state index contributed by atoms with van der Waals surface area (Å²) in [5.74, 6) is -0.456. The second-order valence-electron chi connectivity index (χ2n) is 5.69. The van der Waals surface area contributed by atoms with Gasteiger partial charge in [-0.05, 0) is 53.9 Å². The SMILES string of the molecule is CCn1cc(Br)cc1C(=O)N(Cc1c(F)cccc1Cl)C1CC1. The number of carbonyl (C=O) groups excluding carboxylic acids is 1. The van der Waals surface area contributed by atoms with Crippen molar-refractivity contribution in [1.82, 2.24) is 9.47 Å². The molecule has 0 atom stereocenters. The van der Waals surface area contributed by atoms with Crippen LogP contribution < -0.4 is 0 Å². The van der Waals surface area contributed by atoms with E-state index in [9.17, 15) is 9.18 Å². The summed E-state index contributed by atoms with van der Waals surface area (Å²) in [5, 5.41) is 0.357. The molecular formula is C17H17BrClFN2O. The van der Waals surface area contributed by atoms with E-state index in [1.807, 2.05) is 23.8 Å². The third-order valence-electron chi connectivity index (χ3n) is 4.06. The number of aromatic nitrogens is 1. The lowest BCUT2D eigenvalue weighted by atomic mass is 10.2. The minimum atomic E-state index is -0.372. The zero-order valence-electron chi connectivity index (χ0n) is 12.7. The largest absolute Gasteiger partial charge is 0.343 e. The maximum Gasteiger partial charge on any atom is 0.271 e. The topological polar surface area (TPSA) is 25.2 Å². The number of aryl methyl sites for hydroxylation is 1. The van der Waals surface area contributed by atoms with Crippen LogP contribution in [0, 0.1) is 5.82 Å². The van der Waals surface area contributed by atoms with Gasteiger partial charge < -0.3 is 9.47 Å². The van der Waals surface area contributed by atoms with Crippen molar-refractivity contribution in [1.29, 1.82) is 0 Å². The van der Waals surface area contributed by atoms with Gasteiger partial charge in [0.25, 0.3) is 5.91 Å². The zero-order chi connectivity index (χ0) is 16.6. The van der Waals surface area contributed by atoms with Gasteiger partial charge >= 0.3 is 0 Å². The highest BCUT2D eigenvalue weighted by atomic mass is 79.9. The monoisotopic (exact) mass is 398 g/mol. The number of rotatable bonds is 5. The Balaban J connectivity index is 1.91. The lowest BCUT2D eigenvalue weighted by Gasteiger charge is -2.24. The molecule has 1 saturated carbocycles. The van der Waals surface area contributed by atoms with E-state index in [0.717, 1.165) is 17.3 Å². The summed E-state index contributed by atoms with van der Waals surface area (Å²) in [4.78, 5) is 14.7. The predicted octanol–water partition coefficient (Wildman–Crippen LogP) is 4.87. The fourth-order valence-corrected chi connectivity index (χ4v) is 3.36. The summed E-state index contributed by atoms with van der Waals surface area (Å²) in [6.45, 7) is 2.88. The van der Waals surface area contributed by atoms with Crippen LogP contribution in [0.15, 0.2) is 34.9 Å². The zero-order valence-corrected chi connectivity index (χ0v) is 15.1. The number of amides is 1. The van der Waals surface area contributed by atoms with Gasteiger partial charge in [0.2, 0.25) is 0 Å². The average molecular weight is 400 g/mol. The maximum atomic E-state index is 14.1. The molecule has 1 aliphatic carbocycles. The number of hydrogen-bond donors (Lipinski definition) is 0. The summed E-state index contributed by atoms with van der Waals surface area (Å²) in [6.07, 6.45) is 3.78. The first-order chi connectivity index (χ1) is 11.0. The molecule has 0 aliphatic heterocycles. The molecule has 1 aromatic heterocycles. The highest BCUT2D eigenvalue weighted by Crippen LogP contribution is 2.32. The summed E-state index contributed by atoms with van der Waals surface area (Å²) in [5.41, 5.74) is 0.988. The van der Waals surface area contributed by atoms with E-state index in [1.165, 1.54) is 6.07 Å². The van der Waals surface area contributed by atoms with Crippen LogP contribution in [-0.2, 0) is 13.1 Å². The lowest BCUT2D eigenvalue weighted by molar-refractivity contribution is 0.0717. The first-order valence-corrected chi connectivity index (χ1v) is 8.78. The molecule has 3 rings (SSSR count). The second-order valence-corrected chi connectivity index (χ2v) is 7.02. The molecule has 1 heterocycles. The molecule has 23 heavy (non-hydrogen) atoms. The van der Waals surface area contributed by atoms with Gasteiger partial charge in [0.15, 0.2) is 0 Å². The van der Waals surface area contributed by atoms with Crippen molar-refractivity contribution in [3.05, 3.63) is 57.0 Å². The van der Waals surface area contributed by atoms with Gasteiger partial charge in [-0.25, -0.2) is 4.39 Å². The maximum absolute atomic E-state index is 14.1. The molecule has 0 N–H and O–H groups in total. The van der Waals surface area contributed by atoms with Gasteiger partial charge in [-0.2, -0.15) is 0 Å². The molecule has 1 amide bonds. The van der Waals surface area contributed by atoms with E-state index in [2.05, 4.69) is 15.9 Å². The van der Waals surface area contributed by atoms with Crippen molar-refractivity contribution in [2.24, 2.45) is 0 Å². The molecular weight excluding hydrogens is 383 g/mol. The minimum Gasteiger partial charge on any atom is -0.343 e. The van der Waals surface area contributed by atoms with Crippen molar-refractivity contribution in [2.45, 2.75) is 38.9 Å². The standard InChI is InChI=1S/C17H17BrClFN2O/c1-2-21-9-11(18)8-16(21)17(23)22(12-6-7-12)10-13-14(19)4-3-5-15(13)20/h3-5,8-9,12H,2,6-7,10H2,1H3. The molecule has 6 heteroatoms. The van der Waals surface area contributed by atoms with E-state index in [0.29, 0.717) is 22.8 Å². The number of halogens is 3. The predicted molar refractivity (Wildman–Crippen MR) is 92.1 cm³/mol. The summed E-state index contributed by atoms with van der Waals surface area (Å²) >= 11 is 9.53. The summed E-state index contributed by atoms with van der Waals surface area (Å²) in [7, 11) is 0. The molecule has 1 aliphatic rings. The van der Waals surface area contributed by atoms with Gasteiger partial charge in [-0.15, -0.1) is 0 Å². The molecule has 122 valence electrons. The van der Waals surface area contributed by atoms with Crippen LogP contribution in [-0.4, -0.2) is 21.4 Å². The highest BCUT2D eigenvalue weighted by Gasteiger charge is 2.35. The molecule has 1 fully saturated rings. The lowest BCUT2D eigenvalue weighted by Crippen LogP contribution is -2.34.